The minimum Gasteiger partial charge on any atom is -0.497 e. The number of methoxy groups -OCH3 is 1. The number of rotatable bonds is 6. The van der Waals surface area contributed by atoms with Crippen LogP contribution in [0.2, 0.25) is 0 Å². The Hall–Kier alpha value is -2.26. The Morgan fingerprint density at radius 2 is 2.00 bits per heavy atom. The number of para-hydroxylation sites is 1. The van der Waals surface area contributed by atoms with E-state index in [9.17, 15) is 0 Å². The Labute approximate surface area is 124 Å². The van der Waals surface area contributed by atoms with Crippen LogP contribution >= 0.6 is 0 Å². The number of hydrogen-bond donors (Lipinski definition) is 1. The minimum absolute atomic E-state index is 0.820. The second-order valence-corrected chi connectivity index (χ2v) is 5.04. The molecule has 3 nitrogen and oxygen atoms in total. The quantitative estimate of drug-likeness (QED) is 0.698. The van der Waals surface area contributed by atoms with E-state index in [1.807, 2.05) is 36.6 Å². The number of ether oxygens (including phenoxy) is 1. The normalized spacial score (nSPS) is 10.9. The van der Waals surface area contributed by atoms with E-state index >= 15 is 0 Å². The average Bonchev–Trinajstić information content (AvgIpc) is 2.95. The van der Waals surface area contributed by atoms with Gasteiger partial charge in [0.15, 0.2) is 0 Å². The van der Waals surface area contributed by atoms with Crippen LogP contribution in [0.1, 0.15) is 11.1 Å². The third-order valence-electron chi connectivity index (χ3n) is 3.60. The summed E-state index contributed by atoms with van der Waals surface area (Å²) in [5, 5.41) is 4.65. The molecule has 0 spiro atoms. The summed E-state index contributed by atoms with van der Waals surface area (Å²) in [6.45, 7) is 1.74. The summed E-state index contributed by atoms with van der Waals surface area (Å²) in [7, 11) is 1.70. The molecule has 0 saturated carbocycles. The molecule has 3 heteroatoms. The van der Waals surface area contributed by atoms with Gasteiger partial charge in [-0.05, 0) is 36.7 Å². The van der Waals surface area contributed by atoms with Crippen molar-refractivity contribution in [3.8, 4) is 5.75 Å². The lowest BCUT2D eigenvalue weighted by molar-refractivity contribution is 0.414. The summed E-state index contributed by atoms with van der Waals surface area (Å²) >= 11 is 0. The van der Waals surface area contributed by atoms with Crippen molar-refractivity contribution in [1.82, 2.24) is 5.32 Å². The molecular formula is C18H19NO2. The Kier molecular flexibility index (Phi) is 4.22. The van der Waals surface area contributed by atoms with Crippen LogP contribution in [0.4, 0.5) is 0 Å². The van der Waals surface area contributed by atoms with E-state index in [-0.39, 0.29) is 0 Å². The van der Waals surface area contributed by atoms with Crippen LogP contribution in [-0.4, -0.2) is 13.7 Å². The van der Waals surface area contributed by atoms with Gasteiger partial charge in [-0.1, -0.05) is 30.3 Å². The Bertz CT molecular complexity index is 718. The molecule has 0 fully saturated rings. The molecule has 0 saturated heterocycles. The molecule has 108 valence electrons. The standard InChI is InChI=1S/C18H19NO2/c1-20-16-6-4-5-14(11-16)9-10-19-12-15-13-21-18-8-3-2-7-17(15)18/h2-8,11,13,19H,9-10,12H2,1H3. The van der Waals surface area contributed by atoms with Gasteiger partial charge >= 0.3 is 0 Å². The zero-order valence-corrected chi connectivity index (χ0v) is 12.1. The highest BCUT2D eigenvalue weighted by Crippen LogP contribution is 2.20. The highest BCUT2D eigenvalue weighted by atomic mass is 16.5. The smallest absolute Gasteiger partial charge is 0.134 e. The van der Waals surface area contributed by atoms with Crippen molar-refractivity contribution in [3.05, 3.63) is 65.9 Å². The molecule has 0 aliphatic rings. The van der Waals surface area contributed by atoms with Crippen LogP contribution in [0.5, 0.6) is 5.75 Å². The monoisotopic (exact) mass is 281 g/mol. The van der Waals surface area contributed by atoms with E-state index in [0.717, 1.165) is 30.8 Å². The van der Waals surface area contributed by atoms with Gasteiger partial charge in [0.2, 0.25) is 0 Å². The van der Waals surface area contributed by atoms with Gasteiger partial charge in [0.05, 0.1) is 13.4 Å². The molecule has 2 aromatic carbocycles. The summed E-state index contributed by atoms with van der Waals surface area (Å²) in [6.07, 6.45) is 2.82. The van der Waals surface area contributed by atoms with Gasteiger partial charge in [0.1, 0.15) is 11.3 Å². The number of furan rings is 1. The molecule has 0 unspecified atom stereocenters. The van der Waals surface area contributed by atoms with E-state index in [0.29, 0.717) is 0 Å². The predicted octanol–water partition coefficient (Wildman–Crippen LogP) is 3.77. The fourth-order valence-corrected chi connectivity index (χ4v) is 2.45. The maximum Gasteiger partial charge on any atom is 0.134 e. The van der Waals surface area contributed by atoms with Crippen molar-refractivity contribution in [2.45, 2.75) is 13.0 Å². The number of fused-ring (bicyclic) bond motifs is 1. The van der Waals surface area contributed by atoms with Gasteiger partial charge in [-0.25, -0.2) is 0 Å². The van der Waals surface area contributed by atoms with Gasteiger partial charge < -0.3 is 14.5 Å². The van der Waals surface area contributed by atoms with Crippen molar-refractivity contribution < 1.29 is 9.15 Å². The SMILES string of the molecule is COc1cccc(CCNCc2coc3ccccc23)c1. The average molecular weight is 281 g/mol. The van der Waals surface area contributed by atoms with Crippen LogP contribution in [-0.2, 0) is 13.0 Å². The third kappa shape index (κ3) is 3.26. The number of benzene rings is 2. The zero-order valence-electron chi connectivity index (χ0n) is 12.1. The summed E-state index contributed by atoms with van der Waals surface area (Å²) in [6, 6.07) is 16.3. The summed E-state index contributed by atoms with van der Waals surface area (Å²) in [4.78, 5) is 0. The summed E-state index contributed by atoms with van der Waals surface area (Å²) in [5.41, 5.74) is 3.43. The number of nitrogens with one attached hydrogen (secondary N) is 1. The molecule has 0 atom stereocenters. The van der Waals surface area contributed by atoms with E-state index in [2.05, 4.69) is 23.5 Å². The molecule has 21 heavy (non-hydrogen) atoms. The second kappa shape index (κ2) is 6.46. The van der Waals surface area contributed by atoms with Crippen molar-refractivity contribution >= 4 is 11.0 Å². The second-order valence-electron chi connectivity index (χ2n) is 5.04. The molecule has 3 aromatic rings. The highest BCUT2D eigenvalue weighted by Gasteiger charge is 2.04. The van der Waals surface area contributed by atoms with Gasteiger partial charge in [0, 0.05) is 17.5 Å². The van der Waals surface area contributed by atoms with Crippen LogP contribution < -0.4 is 10.1 Å². The molecule has 1 aromatic heterocycles. The highest BCUT2D eigenvalue weighted by molar-refractivity contribution is 5.80. The Morgan fingerprint density at radius 3 is 2.90 bits per heavy atom. The lowest BCUT2D eigenvalue weighted by Gasteiger charge is -2.06. The van der Waals surface area contributed by atoms with Crippen molar-refractivity contribution in [2.24, 2.45) is 0 Å². The van der Waals surface area contributed by atoms with Gasteiger partial charge in [-0.15, -0.1) is 0 Å². The summed E-state index contributed by atoms with van der Waals surface area (Å²) in [5.74, 6) is 0.910. The molecule has 0 bridgehead atoms. The van der Waals surface area contributed by atoms with Crippen molar-refractivity contribution in [3.63, 3.8) is 0 Å². The third-order valence-corrected chi connectivity index (χ3v) is 3.60. The van der Waals surface area contributed by atoms with Gasteiger partial charge in [0.25, 0.3) is 0 Å². The molecule has 0 aliphatic heterocycles. The molecule has 3 rings (SSSR count). The topological polar surface area (TPSA) is 34.4 Å². The molecule has 0 radical (unpaired) electrons. The largest absolute Gasteiger partial charge is 0.497 e. The lowest BCUT2D eigenvalue weighted by atomic mass is 10.1. The van der Waals surface area contributed by atoms with E-state index in [4.69, 9.17) is 9.15 Å². The first-order valence-corrected chi connectivity index (χ1v) is 7.15. The first-order valence-electron chi connectivity index (χ1n) is 7.15. The number of hydrogen-bond acceptors (Lipinski definition) is 3. The zero-order chi connectivity index (χ0) is 14.5. The van der Waals surface area contributed by atoms with Crippen molar-refractivity contribution in [2.75, 3.05) is 13.7 Å². The van der Waals surface area contributed by atoms with Gasteiger partial charge in [-0.3, -0.25) is 0 Å². The Balaban J connectivity index is 1.54. The molecule has 0 amide bonds. The van der Waals surface area contributed by atoms with Crippen LogP contribution in [0.15, 0.2) is 59.2 Å². The predicted molar refractivity (Wildman–Crippen MR) is 84.6 cm³/mol. The van der Waals surface area contributed by atoms with E-state index < -0.39 is 0 Å². The minimum atomic E-state index is 0.820. The Morgan fingerprint density at radius 1 is 1.10 bits per heavy atom. The maximum atomic E-state index is 5.54. The van der Waals surface area contributed by atoms with Crippen LogP contribution in [0.3, 0.4) is 0 Å². The van der Waals surface area contributed by atoms with Crippen LogP contribution in [0.25, 0.3) is 11.0 Å². The molecule has 0 aliphatic carbocycles. The van der Waals surface area contributed by atoms with E-state index in [1.54, 1.807) is 7.11 Å². The first-order chi connectivity index (χ1) is 10.4. The van der Waals surface area contributed by atoms with Gasteiger partial charge in [-0.2, -0.15) is 0 Å². The molecular weight excluding hydrogens is 262 g/mol. The van der Waals surface area contributed by atoms with Crippen molar-refractivity contribution in [1.29, 1.82) is 0 Å². The van der Waals surface area contributed by atoms with Crippen LogP contribution in [0, 0.1) is 0 Å². The fraction of sp³-hybridized carbons (Fsp3) is 0.222. The summed E-state index contributed by atoms with van der Waals surface area (Å²) < 4.78 is 10.8. The van der Waals surface area contributed by atoms with E-state index in [1.165, 1.54) is 16.5 Å². The molecule has 1 N–H and O–H groups in total. The maximum absolute atomic E-state index is 5.54. The first kappa shape index (κ1) is 13.7. The lowest BCUT2D eigenvalue weighted by Crippen LogP contribution is -2.16. The fourth-order valence-electron chi connectivity index (χ4n) is 2.45. The molecule has 1 heterocycles.